The van der Waals surface area contributed by atoms with Gasteiger partial charge in [0.25, 0.3) is 0 Å². The fourth-order valence-corrected chi connectivity index (χ4v) is 3.94. The van der Waals surface area contributed by atoms with Crippen molar-refractivity contribution >= 4 is 15.9 Å². The summed E-state index contributed by atoms with van der Waals surface area (Å²) in [5.74, 6) is -0.197. The molecule has 0 atom stereocenters. The third-order valence-electron chi connectivity index (χ3n) is 3.93. The van der Waals surface area contributed by atoms with Gasteiger partial charge in [-0.15, -0.1) is 0 Å². The van der Waals surface area contributed by atoms with Crippen LogP contribution in [0.4, 0.5) is 0 Å². The Kier molecular flexibility index (Phi) is 6.49. The zero-order chi connectivity index (χ0) is 16.7. The monoisotopic (exact) mass is 341 g/mol. The number of carbonyl (C=O) groups excluding carboxylic acids is 1. The van der Waals surface area contributed by atoms with Gasteiger partial charge in [0.1, 0.15) is 0 Å². The normalized spacial score (nSPS) is 17.1. The largest absolute Gasteiger partial charge is 0.384 e. The molecular formula is C15H23N3O4S. The number of rotatable bonds is 7. The van der Waals surface area contributed by atoms with Crippen molar-refractivity contribution in [1.29, 1.82) is 0 Å². The quantitative estimate of drug-likeness (QED) is 0.775. The van der Waals surface area contributed by atoms with E-state index in [1.807, 2.05) is 18.2 Å². The highest BCUT2D eigenvalue weighted by Crippen LogP contribution is 2.20. The van der Waals surface area contributed by atoms with Crippen molar-refractivity contribution in [2.75, 3.05) is 32.6 Å². The van der Waals surface area contributed by atoms with E-state index in [0.29, 0.717) is 32.5 Å². The first-order valence-corrected chi connectivity index (χ1v) is 9.28. The third-order valence-corrected chi connectivity index (χ3v) is 5.77. The highest BCUT2D eigenvalue weighted by atomic mass is 32.2. The Labute approximate surface area is 137 Å². The van der Waals surface area contributed by atoms with Crippen LogP contribution in [0.5, 0.6) is 0 Å². The standard InChI is InChI=1S/C15H23N3O4S/c1-22-10-11-23(20,21)18-8-5-13(6-9-18)15(19)17-12-14-4-2-3-7-16-14/h2-4,7,13H,5-6,8-12H2,1H3,(H,17,19). The van der Waals surface area contributed by atoms with Gasteiger partial charge < -0.3 is 10.1 Å². The predicted molar refractivity (Wildman–Crippen MR) is 86.0 cm³/mol. The van der Waals surface area contributed by atoms with Crippen LogP contribution >= 0.6 is 0 Å². The van der Waals surface area contributed by atoms with Crippen LogP contribution in [-0.4, -0.2) is 56.2 Å². The Morgan fingerprint density at radius 3 is 2.74 bits per heavy atom. The molecular weight excluding hydrogens is 318 g/mol. The molecule has 128 valence electrons. The lowest BCUT2D eigenvalue weighted by Gasteiger charge is -2.30. The smallest absolute Gasteiger partial charge is 0.223 e. The van der Waals surface area contributed by atoms with Crippen molar-refractivity contribution in [3.8, 4) is 0 Å². The van der Waals surface area contributed by atoms with E-state index in [2.05, 4.69) is 10.3 Å². The summed E-state index contributed by atoms with van der Waals surface area (Å²) in [5, 5.41) is 2.87. The minimum atomic E-state index is -3.28. The molecule has 8 heteroatoms. The maximum Gasteiger partial charge on any atom is 0.223 e. The zero-order valence-corrected chi connectivity index (χ0v) is 14.1. The molecule has 1 amide bonds. The lowest BCUT2D eigenvalue weighted by Crippen LogP contribution is -2.44. The first kappa shape index (κ1) is 17.8. The van der Waals surface area contributed by atoms with Crippen LogP contribution in [0.1, 0.15) is 18.5 Å². The van der Waals surface area contributed by atoms with Gasteiger partial charge in [-0.25, -0.2) is 12.7 Å². The second-order valence-electron chi connectivity index (χ2n) is 5.52. The molecule has 1 fully saturated rings. The van der Waals surface area contributed by atoms with Gasteiger partial charge in [0, 0.05) is 32.3 Å². The molecule has 0 saturated carbocycles. The van der Waals surface area contributed by atoms with Crippen molar-refractivity contribution in [3.05, 3.63) is 30.1 Å². The van der Waals surface area contributed by atoms with Crippen molar-refractivity contribution in [3.63, 3.8) is 0 Å². The van der Waals surface area contributed by atoms with Gasteiger partial charge in [-0.1, -0.05) is 6.07 Å². The van der Waals surface area contributed by atoms with Crippen LogP contribution in [0.15, 0.2) is 24.4 Å². The van der Waals surface area contributed by atoms with Crippen LogP contribution in [-0.2, 0) is 26.1 Å². The second-order valence-corrected chi connectivity index (χ2v) is 7.61. The lowest BCUT2D eigenvalue weighted by atomic mass is 9.97. The van der Waals surface area contributed by atoms with Crippen LogP contribution < -0.4 is 5.32 Å². The second kappa shape index (κ2) is 8.37. The first-order chi connectivity index (χ1) is 11.0. The molecule has 1 aliphatic heterocycles. The molecule has 2 heterocycles. The number of aromatic nitrogens is 1. The van der Waals surface area contributed by atoms with E-state index in [4.69, 9.17) is 4.74 Å². The van der Waals surface area contributed by atoms with Crippen molar-refractivity contribution in [1.82, 2.24) is 14.6 Å². The summed E-state index contributed by atoms with van der Waals surface area (Å²) in [4.78, 5) is 16.3. The number of carbonyl (C=O) groups is 1. The Hall–Kier alpha value is -1.51. The van der Waals surface area contributed by atoms with Crippen molar-refractivity contribution in [2.45, 2.75) is 19.4 Å². The Bertz CT molecular complexity index is 598. The molecule has 1 saturated heterocycles. The number of nitrogens with one attached hydrogen (secondary N) is 1. The van der Waals surface area contributed by atoms with E-state index in [9.17, 15) is 13.2 Å². The summed E-state index contributed by atoms with van der Waals surface area (Å²) >= 11 is 0. The number of methoxy groups -OCH3 is 1. The molecule has 0 aromatic carbocycles. The Morgan fingerprint density at radius 2 is 2.13 bits per heavy atom. The van der Waals surface area contributed by atoms with E-state index in [1.165, 1.54) is 11.4 Å². The van der Waals surface area contributed by atoms with Crippen molar-refractivity contribution < 1.29 is 17.9 Å². The first-order valence-electron chi connectivity index (χ1n) is 7.67. The predicted octanol–water partition coefficient (Wildman–Crippen LogP) is 0.386. The highest BCUT2D eigenvalue weighted by Gasteiger charge is 2.30. The van der Waals surface area contributed by atoms with Gasteiger partial charge in [-0.05, 0) is 25.0 Å². The molecule has 0 spiro atoms. The average Bonchev–Trinajstić information content (AvgIpc) is 2.59. The highest BCUT2D eigenvalue weighted by molar-refractivity contribution is 7.89. The molecule has 1 aliphatic rings. The van der Waals surface area contributed by atoms with Crippen LogP contribution in [0.3, 0.4) is 0 Å². The molecule has 1 N–H and O–H groups in total. The number of ether oxygens (including phenoxy) is 1. The number of amides is 1. The van der Waals surface area contributed by atoms with E-state index >= 15 is 0 Å². The number of hydrogen-bond acceptors (Lipinski definition) is 5. The fraction of sp³-hybridized carbons (Fsp3) is 0.600. The van der Waals surface area contributed by atoms with E-state index in [0.717, 1.165) is 5.69 Å². The van der Waals surface area contributed by atoms with E-state index in [1.54, 1.807) is 6.20 Å². The minimum Gasteiger partial charge on any atom is -0.384 e. The van der Waals surface area contributed by atoms with Crippen LogP contribution in [0.2, 0.25) is 0 Å². The summed E-state index contributed by atoms with van der Waals surface area (Å²) in [6, 6.07) is 5.55. The SMILES string of the molecule is COCCS(=O)(=O)N1CCC(C(=O)NCc2ccccn2)CC1. The molecule has 1 aromatic rings. The van der Waals surface area contributed by atoms with Crippen LogP contribution in [0.25, 0.3) is 0 Å². The zero-order valence-electron chi connectivity index (χ0n) is 13.3. The molecule has 0 bridgehead atoms. The molecule has 1 aromatic heterocycles. The molecule has 7 nitrogen and oxygen atoms in total. The summed E-state index contributed by atoms with van der Waals surface area (Å²) in [5.41, 5.74) is 0.806. The van der Waals surface area contributed by atoms with E-state index in [-0.39, 0.29) is 24.2 Å². The maximum atomic E-state index is 12.2. The molecule has 0 radical (unpaired) electrons. The maximum absolute atomic E-state index is 12.2. The lowest BCUT2D eigenvalue weighted by molar-refractivity contribution is -0.126. The van der Waals surface area contributed by atoms with Gasteiger partial charge >= 0.3 is 0 Å². The Morgan fingerprint density at radius 1 is 1.39 bits per heavy atom. The third kappa shape index (κ3) is 5.26. The molecule has 23 heavy (non-hydrogen) atoms. The average molecular weight is 341 g/mol. The minimum absolute atomic E-state index is 0.0138. The molecule has 0 aliphatic carbocycles. The summed E-state index contributed by atoms with van der Waals surface area (Å²) in [6.07, 6.45) is 2.77. The fourth-order valence-electron chi connectivity index (χ4n) is 2.54. The number of sulfonamides is 1. The van der Waals surface area contributed by atoms with Crippen molar-refractivity contribution in [2.24, 2.45) is 5.92 Å². The summed E-state index contributed by atoms with van der Waals surface area (Å²) < 4.78 is 30.4. The number of hydrogen-bond donors (Lipinski definition) is 1. The van der Waals surface area contributed by atoms with Gasteiger partial charge in [-0.2, -0.15) is 0 Å². The van der Waals surface area contributed by atoms with Crippen LogP contribution in [0, 0.1) is 5.92 Å². The number of nitrogens with zero attached hydrogens (tertiary/aromatic N) is 2. The van der Waals surface area contributed by atoms with Gasteiger partial charge in [-0.3, -0.25) is 9.78 Å². The topological polar surface area (TPSA) is 88.6 Å². The summed E-state index contributed by atoms with van der Waals surface area (Å²) in [6.45, 7) is 1.35. The summed E-state index contributed by atoms with van der Waals surface area (Å²) in [7, 11) is -1.80. The van der Waals surface area contributed by atoms with Gasteiger partial charge in [0.05, 0.1) is 24.6 Å². The van der Waals surface area contributed by atoms with Gasteiger partial charge in [0.15, 0.2) is 0 Å². The number of piperidine rings is 1. The van der Waals surface area contributed by atoms with Gasteiger partial charge in [0.2, 0.25) is 15.9 Å². The molecule has 2 rings (SSSR count). The number of pyridine rings is 1. The Balaban J connectivity index is 1.78. The molecule has 0 unspecified atom stereocenters. The van der Waals surface area contributed by atoms with E-state index < -0.39 is 10.0 Å².